The lowest BCUT2D eigenvalue weighted by Gasteiger charge is -2.17. The topological polar surface area (TPSA) is 71.4 Å². The molecule has 0 atom stereocenters. The molecule has 4 nitrogen and oxygen atoms in total. The van der Waals surface area contributed by atoms with Crippen LogP contribution in [0.5, 0.6) is 0 Å². The Kier molecular flexibility index (Phi) is 4.74. The summed E-state index contributed by atoms with van der Waals surface area (Å²) in [6.45, 7) is 6.21. The summed E-state index contributed by atoms with van der Waals surface area (Å²) < 4.78 is 24.1. The molecule has 1 aromatic rings. The van der Waals surface area contributed by atoms with Crippen molar-refractivity contribution in [1.82, 2.24) is 0 Å². The smallest absolute Gasteiger partial charge is 0.335 e. The van der Waals surface area contributed by atoms with Gasteiger partial charge in [-0.2, -0.15) is 0 Å². The van der Waals surface area contributed by atoms with E-state index in [1.165, 1.54) is 24.3 Å². The number of rotatable bonds is 5. The van der Waals surface area contributed by atoms with Crippen molar-refractivity contribution in [2.24, 2.45) is 5.41 Å². The third kappa shape index (κ3) is 5.03. The second-order valence-corrected chi connectivity index (χ2v) is 7.92. The summed E-state index contributed by atoms with van der Waals surface area (Å²) in [4.78, 5) is 10.9. The van der Waals surface area contributed by atoms with Crippen molar-refractivity contribution in [2.45, 2.75) is 38.5 Å². The molecule has 1 rings (SSSR count). The van der Waals surface area contributed by atoms with Gasteiger partial charge in [-0.3, -0.25) is 0 Å². The van der Waals surface area contributed by atoms with Gasteiger partial charge in [0, 0.05) is 0 Å². The Bertz CT molecular complexity index is 536. The maximum absolute atomic E-state index is 12.1. The molecule has 0 aliphatic carbocycles. The molecular formula is C14H20O4S. The molecule has 0 unspecified atom stereocenters. The van der Waals surface area contributed by atoms with E-state index in [2.05, 4.69) is 20.8 Å². The molecule has 0 heterocycles. The number of hydrogen-bond acceptors (Lipinski definition) is 3. The minimum absolute atomic E-state index is 0.0913. The monoisotopic (exact) mass is 284 g/mol. The van der Waals surface area contributed by atoms with E-state index in [1.54, 1.807) is 0 Å². The van der Waals surface area contributed by atoms with E-state index >= 15 is 0 Å². The number of sulfone groups is 1. The Morgan fingerprint density at radius 3 is 2.11 bits per heavy atom. The summed E-state index contributed by atoms with van der Waals surface area (Å²) in [5.74, 6) is -0.965. The van der Waals surface area contributed by atoms with Gasteiger partial charge < -0.3 is 5.11 Å². The SMILES string of the molecule is CC(C)(C)CCCS(=O)(=O)c1ccc(C(=O)O)cc1. The zero-order valence-electron chi connectivity index (χ0n) is 11.5. The van der Waals surface area contributed by atoms with E-state index in [0.29, 0.717) is 6.42 Å². The van der Waals surface area contributed by atoms with Gasteiger partial charge in [0.1, 0.15) is 0 Å². The van der Waals surface area contributed by atoms with Crippen molar-refractivity contribution in [1.29, 1.82) is 0 Å². The highest BCUT2D eigenvalue weighted by Crippen LogP contribution is 2.22. The molecule has 106 valence electrons. The molecule has 0 bridgehead atoms. The van der Waals surface area contributed by atoms with Crippen molar-refractivity contribution in [3.8, 4) is 0 Å². The van der Waals surface area contributed by atoms with Crippen LogP contribution in [0.25, 0.3) is 0 Å². The fourth-order valence-electron chi connectivity index (χ4n) is 1.72. The van der Waals surface area contributed by atoms with Crippen LogP contribution in [0, 0.1) is 5.41 Å². The number of benzene rings is 1. The largest absolute Gasteiger partial charge is 0.478 e. The third-order valence-corrected chi connectivity index (χ3v) is 4.62. The molecule has 1 N–H and O–H groups in total. The Morgan fingerprint density at radius 2 is 1.68 bits per heavy atom. The molecule has 0 aliphatic heterocycles. The van der Waals surface area contributed by atoms with Gasteiger partial charge in [-0.1, -0.05) is 20.8 Å². The predicted octanol–water partition coefficient (Wildman–Crippen LogP) is 2.98. The van der Waals surface area contributed by atoms with E-state index in [-0.39, 0.29) is 21.6 Å². The van der Waals surface area contributed by atoms with Crippen molar-refractivity contribution in [3.05, 3.63) is 29.8 Å². The Morgan fingerprint density at radius 1 is 1.16 bits per heavy atom. The number of carboxylic acids is 1. The molecule has 5 heteroatoms. The summed E-state index contributed by atoms with van der Waals surface area (Å²) in [6.07, 6.45) is 1.44. The average Bonchev–Trinajstić information content (AvgIpc) is 2.27. The first-order valence-electron chi connectivity index (χ1n) is 6.18. The highest BCUT2D eigenvalue weighted by molar-refractivity contribution is 7.91. The van der Waals surface area contributed by atoms with Crippen LogP contribution >= 0.6 is 0 Å². The Hall–Kier alpha value is -1.36. The minimum atomic E-state index is -3.32. The van der Waals surface area contributed by atoms with Gasteiger partial charge in [-0.15, -0.1) is 0 Å². The fourth-order valence-corrected chi connectivity index (χ4v) is 3.03. The molecule has 0 amide bonds. The molecule has 19 heavy (non-hydrogen) atoms. The first-order valence-corrected chi connectivity index (χ1v) is 7.83. The summed E-state index contributed by atoms with van der Waals surface area (Å²) in [6, 6.07) is 5.35. The Labute approximate surface area is 114 Å². The molecule has 1 aromatic carbocycles. The average molecular weight is 284 g/mol. The maximum Gasteiger partial charge on any atom is 0.335 e. The number of carboxylic acid groups (broad SMARTS) is 1. The fraction of sp³-hybridized carbons (Fsp3) is 0.500. The lowest BCUT2D eigenvalue weighted by Crippen LogP contribution is -2.11. The van der Waals surface area contributed by atoms with Gasteiger partial charge in [0.15, 0.2) is 9.84 Å². The van der Waals surface area contributed by atoms with Crippen LogP contribution in [0.2, 0.25) is 0 Å². The van der Waals surface area contributed by atoms with Gasteiger partial charge in [-0.05, 0) is 42.5 Å². The molecule has 0 saturated carbocycles. The van der Waals surface area contributed by atoms with E-state index in [9.17, 15) is 13.2 Å². The van der Waals surface area contributed by atoms with Gasteiger partial charge >= 0.3 is 5.97 Å². The van der Waals surface area contributed by atoms with Crippen molar-refractivity contribution < 1.29 is 18.3 Å². The second kappa shape index (κ2) is 5.74. The van der Waals surface area contributed by atoms with E-state index in [0.717, 1.165) is 6.42 Å². The summed E-state index contributed by atoms with van der Waals surface area (Å²) in [5.41, 5.74) is 0.205. The number of aromatic carboxylic acids is 1. The van der Waals surface area contributed by atoms with Crippen LogP contribution in [-0.2, 0) is 9.84 Å². The lowest BCUT2D eigenvalue weighted by molar-refractivity contribution is 0.0696. The quantitative estimate of drug-likeness (QED) is 0.902. The van der Waals surface area contributed by atoms with E-state index in [4.69, 9.17) is 5.11 Å². The number of carbonyl (C=O) groups is 1. The van der Waals surface area contributed by atoms with Crippen molar-refractivity contribution >= 4 is 15.8 Å². The van der Waals surface area contributed by atoms with E-state index < -0.39 is 15.8 Å². The molecule has 0 radical (unpaired) electrons. The van der Waals surface area contributed by atoms with Crippen LogP contribution in [-0.4, -0.2) is 25.2 Å². The number of hydrogen-bond donors (Lipinski definition) is 1. The lowest BCUT2D eigenvalue weighted by atomic mass is 9.91. The van der Waals surface area contributed by atoms with Gasteiger partial charge in [0.25, 0.3) is 0 Å². The maximum atomic E-state index is 12.1. The Balaban J connectivity index is 2.75. The minimum Gasteiger partial charge on any atom is -0.478 e. The first kappa shape index (κ1) is 15.7. The van der Waals surface area contributed by atoms with Gasteiger partial charge in [-0.25, -0.2) is 13.2 Å². The summed E-state index contributed by atoms with van der Waals surface area (Å²) >= 11 is 0. The highest BCUT2D eigenvalue weighted by atomic mass is 32.2. The summed E-state index contributed by atoms with van der Waals surface area (Å²) in [5, 5.41) is 8.76. The normalized spacial score (nSPS) is 12.4. The third-order valence-electron chi connectivity index (χ3n) is 2.80. The predicted molar refractivity (Wildman–Crippen MR) is 74.1 cm³/mol. The van der Waals surface area contributed by atoms with Gasteiger partial charge in [0.05, 0.1) is 16.2 Å². The van der Waals surface area contributed by atoms with Crippen LogP contribution in [0.3, 0.4) is 0 Å². The van der Waals surface area contributed by atoms with Crippen LogP contribution in [0.1, 0.15) is 44.0 Å². The van der Waals surface area contributed by atoms with Gasteiger partial charge in [0.2, 0.25) is 0 Å². The molecular weight excluding hydrogens is 264 g/mol. The van der Waals surface area contributed by atoms with Crippen LogP contribution in [0.4, 0.5) is 0 Å². The van der Waals surface area contributed by atoms with E-state index in [1.807, 2.05) is 0 Å². The zero-order valence-corrected chi connectivity index (χ0v) is 12.3. The molecule has 0 saturated heterocycles. The van der Waals surface area contributed by atoms with Crippen LogP contribution < -0.4 is 0 Å². The standard InChI is InChI=1S/C14H20O4S/c1-14(2,3)9-4-10-19(17,18)12-7-5-11(6-8-12)13(15)16/h5-8H,4,9-10H2,1-3H3,(H,15,16). The first-order chi connectivity index (χ1) is 8.62. The molecule has 0 spiro atoms. The molecule has 0 aliphatic rings. The molecule has 0 fully saturated rings. The summed E-state index contributed by atoms with van der Waals surface area (Å²) in [7, 11) is -3.32. The molecule has 0 aromatic heterocycles. The zero-order chi connectivity index (χ0) is 14.7. The second-order valence-electron chi connectivity index (χ2n) is 5.81. The van der Waals surface area contributed by atoms with Crippen molar-refractivity contribution in [2.75, 3.05) is 5.75 Å². The highest BCUT2D eigenvalue weighted by Gasteiger charge is 2.17. The van der Waals surface area contributed by atoms with Crippen molar-refractivity contribution in [3.63, 3.8) is 0 Å². The van der Waals surface area contributed by atoms with Crippen LogP contribution in [0.15, 0.2) is 29.2 Å².